The van der Waals surface area contributed by atoms with Crippen LogP contribution in [0.4, 0.5) is 0 Å². The van der Waals surface area contributed by atoms with Gasteiger partial charge in [0.2, 0.25) is 9.84 Å². The highest BCUT2D eigenvalue weighted by Crippen LogP contribution is 2.40. The fourth-order valence-corrected chi connectivity index (χ4v) is 5.85. The number of rotatable bonds is 12. The van der Waals surface area contributed by atoms with Crippen LogP contribution in [0, 0.1) is 0 Å². The van der Waals surface area contributed by atoms with Crippen LogP contribution in [0.1, 0.15) is 39.5 Å². The van der Waals surface area contributed by atoms with Crippen LogP contribution in [0.15, 0.2) is 94.7 Å². The smallest absolute Gasteiger partial charge is 0.207 e. The van der Waals surface area contributed by atoms with Crippen LogP contribution in [-0.2, 0) is 9.84 Å². The molecule has 39 heavy (non-hydrogen) atoms. The molecular formula is C32H34O6S. The van der Waals surface area contributed by atoms with Gasteiger partial charge in [-0.2, -0.15) is 0 Å². The van der Waals surface area contributed by atoms with Crippen LogP contribution in [0.3, 0.4) is 0 Å². The molecule has 0 saturated heterocycles. The summed E-state index contributed by atoms with van der Waals surface area (Å²) < 4.78 is 40.4. The van der Waals surface area contributed by atoms with E-state index in [1.807, 2.05) is 0 Å². The summed E-state index contributed by atoms with van der Waals surface area (Å²) in [7, 11) is -4.04. The molecule has 0 aromatic heterocycles. The minimum absolute atomic E-state index is 0.0896. The van der Waals surface area contributed by atoms with Crippen molar-refractivity contribution < 1.29 is 28.1 Å². The minimum atomic E-state index is -4.04. The molecule has 0 heterocycles. The molecule has 0 aliphatic carbocycles. The molecule has 204 valence electrons. The first-order valence-corrected chi connectivity index (χ1v) is 14.7. The van der Waals surface area contributed by atoms with Gasteiger partial charge in [0.05, 0.1) is 23.0 Å². The zero-order chi connectivity index (χ0) is 27.8. The van der Waals surface area contributed by atoms with Crippen molar-refractivity contribution in [2.75, 3.05) is 13.2 Å². The number of sulfone groups is 1. The molecule has 0 atom stereocenters. The van der Waals surface area contributed by atoms with Gasteiger partial charge in [0.15, 0.2) is 0 Å². The van der Waals surface area contributed by atoms with E-state index in [0.717, 1.165) is 25.7 Å². The zero-order valence-corrected chi connectivity index (χ0v) is 23.1. The largest absolute Gasteiger partial charge is 0.508 e. The van der Waals surface area contributed by atoms with Crippen molar-refractivity contribution in [2.45, 2.75) is 49.3 Å². The van der Waals surface area contributed by atoms with Crippen LogP contribution in [0.2, 0.25) is 0 Å². The third kappa shape index (κ3) is 6.73. The van der Waals surface area contributed by atoms with E-state index in [9.17, 15) is 18.6 Å². The third-order valence-electron chi connectivity index (χ3n) is 6.37. The highest BCUT2D eigenvalue weighted by atomic mass is 32.2. The molecule has 0 amide bonds. The maximum atomic E-state index is 14.3. The lowest BCUT2D eigenvalue weighted by Gasteiger charge is -2.17. The van der Waals surface area contributed by atoms with E-state index in [2.05, 4.69) is 13.8 Å². The van der Waals surface area contributed by atoms with E-state index in [-0.39, 0.29) is 21.3 Å². The number of unbranched alkanes of at least 4 members (excludes halogenated alkanes) is 2. The van der Waals surface area contributed by atoms with Gasteiger partial charge in [0.1, 0.15) is 23.0 Å². The first-order chi connectivity index (χ1) is 18.8. The highest BCUT2D eigenvalue weighted by molar-refractivity contribution is 7.91. The number of hydrogen-bond acceptors (Lipinski definition) is 6. The van der Waals surface area contributed by atoms with Gasteiger partial charge in [-0.05, 0) is 84.6 Å². The Morgan fingerprint density at radius 2 is 0.974 bits per heavy atom. The predicted molar refractivity (Wildman–Crippen MR) is 153 cm³/mol. The Balaban J connectivity index is 1.86. The molecule has 6 nitrogen and oxygen atoms in total. The zero-order valence-electron chi connectivity index (χ0n) is 22.3. The molecular weight excluding hydrogens is 512 g/mol. The molecule has 0 fully saturated rings. The van der Waals surface area contributed by atoms with E-state index in [4.69, 9.17) is 9.47 Å². The number of ether oxygens (including phenoxy) is 2. The van der Waals surface area contributed by atoms with Gasteiger partial charge in [0.25, 0.3) is 0 Å². The molecule has 0 aliphatic rings. The van der Waals surface area contributed by atoms with Crippen molar-refractivity contribution >= 4 is 9.84 Å². The van der Waals surface area contributed by atoms with Crippen molar-refractivity contribution in [3.05, 3.63) is 84.9 Å². The van der Waals surface area contributed by atoms with Crippen molar-refractivity contribution in [3.63, 3.8) is 0 Å². The number of hydrogen-bond donors (Lipinski definition) is 2. The number of phenols is 2. The molecule has 7 heteroatoms. The summed E-state index contributed by atoms with van der Waals surface area (Å²) in [5.74, 6) is 1.33. The lowest BCUT2D eigenvalue weighted by Crippen LogP contribution is -2.07. The maximum absolute atomic E-state index is 14.3. The van der Waals surface area contributed by atoms with Crippen LogP contribution in [-0.4, -0.2) is 31.8 Å². The Morgan fingerprint density at radius 1 is 0.590 bits per heavy atom. The molecule has 0 aliphatic heterocycles. The summed E-state index contributed by atoms with van der Waals surface area (Å²) in [5, 5.41) is 19.6. The average molecular weight is 547 g/mol. The summed E-state index contributed by atoms with van der Waals surface area (Å²) in [5.41, 5.74) is 2.23. The molecule has 0 saturated carbocycles. The maximum Gasteiger partial charge on any atom is 0.207 e. The minimum Gasteiger partial charge on any atom is -0.508 e. The summed E-state index contributed by atoms with van der Waals surface area (Å²) in [4.78, 5) is 0.242. The van der Waals surface area contributed by atoms with Gasteiger partial charge in [0, 0.05) is 11.1 Å². The van der Waals surface area contributed by atoms with Gasteiger partial charge in [-0.3, -0.25) is 0 Å². The Morgan fingerprint density at radius 3 is 1.33 bits per heavy atom. The summed E-state index contributed by atoms with van der Waals surface area (Å²) >= 11 is 0. The quantitative estimate of drug-likeness (QED) is 0.178. The molecule has 4 aromatic rings. The average Bonchev–Trinajstić information content (AvgIpc) is 2.94. The second kappa shape index (κ2) is 12.7. The predicted octanol–water partition coefficient (Wildman–Crippen LogP) is 7.62. The topological polar surface area (TPSA) is 93.1 Å². The van der Waals surface area contributed by atoms with Crippen LogP contribution in [0.5, 0.6) is 23.0 Å². The van der Waals surface area contributed by atoms with E-state index in [0.29, 0.717) is 47.0 Å². The van der Waals surface area contributed by atoms with Crippen LogP contribution >= 0.6 is 0 Å². The Hall–Kier alpha value is -3.97. The highest BCUT2D eigenvalue weighted by Gasteiger charge is 2.26. The van der Waals surface area contributed by atoms with Crippen LogP contribution < -0.4 is 9.47 Å². The van der Waals surface area contributed by atoms with E-state index < -0.39 is 9.84 Å². The van der Waals surface area contributed by atoms with Gasteiger partial charge in [-0.25, -0.2) is 8.42 Å². The summed E-state index contributed by atoms with van der Waals surface area (Å²) in [6.45, 7) is 5.21. The van der Waals surface area contributed by atoms with E-state index in [1.54, 1.807) is 60.7 Å². The molecule has 0 bridgehead atoms. The normalized spacial score (nSPS) is 11.3. The van der Waals surface area contributed by atoms with E-state index in [1.165, 1.54) is 24.3 Å². The Bertz CT molecular complexity index is 1380. The molecule has 4 aromatic carbocycles. The molecule has 0 unspecified atom stereocenters. The van der Waals surface area contributed by atoms with Gasteiger partial charge in [-0.1, -0.05) is 51.0 Å². The standard InChI is InChI=1S/C32H34O6S/c1-3-5-19-37-27-15-17-31(29(21-27)23-7-11-25(33)12-8-23)39(35,36)32-18-16-28(38-20-6-4-2)22-30(32)24-9-13-26(34)14-10-24/h7-18,21-22,33-34H,3-6,19-20H2,1-2H3. The monoisotopic (exact) mass is 546 g/mol. The third-order valence-corrected chi connectivity index (χ3v) is 8.24. The Labute approximate surface area is 230 Å². The summed E-state index contributed by atoms with van der Waals surface area (Å²) in [6, 6.07) is 22.8. The fraction of sp³-hybridized carbons (Fsp3) is 0.250. The molecule has 4 rings (SSSR count). The summed E-state index contributed by atoms with van der Waals surface area (Å²) in [6.07, 6.45) is 3.74. The van der Waals surface area contributed by atoms with Crippen molar-refractivity contribution in [3.8, 4) is 45.3 Å². The van der Waals surface area contributed by atoms with Crippen molar-refractivity contribution in [1.29, 1.82) is 0 Å². The number of aromatic hydroxyl groups is 2. The second-order valence-electron chi connectivity index (χ2n) is 9.32. The van der Waals surface area contributed by atoms with Gasteiger partial charge < -0.3 is 19.7 Å². The first kappa shape index (κ1) is 28.0. The van der Waals surface area contributed by atoms with E-state index >= 15 is 0 Å². The fourth-order valence-electron chi connectivity index (χ4n) is 4.19. The molecule has 0 radical (unpaired) electrons. The second-order valence-corrected chi connectivity index (χ2v) is 11.2. The lowest BCUT2D eigenvalue weighted by molar-refractivity contribution is 0.309. The van der Waals surface area contributed by atoms with Gasteiger partial charge in [-0.15, -0.1) is 0 Å². The van der Waals surface area contributed by atoms with Crippen molar-refractivity contribution in [2.24, 2.45) is 0 Å². The van der Waals surface area contributed by atoms with Gasteiger partial charge >= 0.3 is 0 Å². The SMILES string of the molecule is CCCCOc1ccc(S(=O)(=O)c2ccc(OCCCC)cc2-c2ccc(O)cc2)c(-c2ccc(O)cc2)c1. The van der Waals surface area contributed by atoms with Crippen molar-refractivity contribution in [1.82, 2.24) is 0 Å². The van der Waals surface area contributed by atoms with Crippen LogP contribution in [0.25, 0.3) is 22.3 Å². The Kier molecular flexibility index (Phi) is 9.15. The lowest BCUT2D eigenvalue weighted by atomic mass is 10.0. The molecule has 2 N–H and O–H groups in total. The first-order valence-electron chi connectivity index (χ1n) is 13.2. The number of benzene rings is 4. The number of phenolic OH excluding ortho intramolecular Hbond substituents is 2. The molecule has 0 spiro atoms.